The minimum atomic E-state index is -5.08. The first-order valence-electron chi connectivity index (χ1n) is 11.8. The number of carbonyl (C=O) groups is 2. The predicted octanol–water partition coefficient (Wildman–Crippen LogP) is 4.45. The first-order valence-corrected chi connectivity index (χ1v) is 11.8. The van der Waals surface area contributed by atoms with Crippen LogP contribution in [-0.2, 0) is 38.6 Å². The molecule has 0 unspecified atom stereocenters. The number of aryl methyl sites for hydroxylation is 1. The molecule has 1 aliphatic carbocycles. The second-order valence-electron chi connectivity index (χ2n) is 8.49. The van der Waals surface area contributed by atoms with Crippen molar-refractivity contribution < 1.29 is 60.0 Å². The molecule has 0 bridgehead atoms. The van der Waals surface area contributed by atoms with Crippen LogP contribution < -0.4 is 0 Å². The zero-order valence-electron chi connectivity index (χ0n) is 20.7. The molecule has 0 aromatic carbocycles. The third-order valence-corrected chi connectivity index (χ3v) is 5.75. The molecule has 3 heterocycles. The van der Waals surface area contributed by atoms with Gasteiger partial charge in [0, 0.05) is 31.4 Å². The summed E-state index contributed by atoms with van der Waals surface area (Å²) in [6, 6.07) is 8.61. The normalized spacial score (nSPS) is 21.2. The molecule has 0 amide bonds. The van der Waals surface area contributed by atoms with Crippen molar-refractivity contribution in [2.45, 2.75) is 69.9 Å². The van der Waals surface area contributed by atoms with E-state index in [1.807, 2.05) is 12.3 Å². The van der Waals surface area contributed by atoms with E-state index in [0.29, 0.717) is 12.6 Å². The molecule has 39 heavy (non-hydrogen) atoms. The Morgan fingerprint density at radius 1 is 1.05 bits per heavy atom. The average Bonchev–Trinajstić information content (AvgIpc) is 3.50. The average molecular weight is 570 g/mol. The molecule has 15 heteroatoms. The molecule has 1 saturated carbocycles. The molecule has 2 N–H and O–H groups in total. The fourth-order valence-electron chi connectivity index (χ4n) is 3.95. The van der Waals surface area contributed by atoms with Crippen LogP contribution in [0.3, 0.4) is 0 Å². The topological polar surface area (TPSA) is 122 Å². The molecule has 1 saturated heterocycles. The lowest BCUT2D eigenvalue weighted by Crippen LogP contribution is -2.51. The van der Waals surface area contributed by atoms with Crippen LogP contribution in [0.4, 0.5) is 26.3 Å². The Morgan fingerprint density at radius 2 is 1.67 bits per heavy atom. The van der Waals surface area contributed by atoms with Crippen LogP contribution in [0.5, 0.6) is 0 Å². The lowest BCUT2D eigenvalue weighted by molar-refractivity contribution is -0.193. The minimum Gasteiger partial charge on any atom is -0.475 e. The Hall–Kier alpha value is -3.17. The monoisotopic (exact) mass is 570 g/mol. The van der Waals surface area contributed by atoms with E-state index < -0.39 is 24.3 Å². The van der Waals surface area contributed by atoms with Gasteiger partial charge in [0.05, 0.1) is 32.0 Å². The Bertz CT molecular complexity index is 1020. The Kier molecular flexibility index (Phi) is 11.7. The van der Waals surface area contributed by atoms with E-state index in [1.54, 1.807) is 6.20 Å². The third-order valence-electron chi connectivity index (χ3n) is 5.75. The summed E-state index contributed by atoms with van der Waals surface area (Å²) >= 11 is 0. The zero-order valence-corrected chi connectivity index (χ0v) is 20.7. The number of nitrogens with zero attached hydrogens (tertiary/aromatic N) is 2. The van der Waals surface area contributed by atoms with E-state index in [1.165, 1.54) is 0 Å². The molecule has 1 aliphatic heterocycles. The molecule has 9 nitrogen and oxygen atoms in total. The van der Waals surface area contributed by atoms with Crippen molar-refractivity contribution in [1.29, 1.82) is 0 Å². The van der Waals surface area contributed by atoms with Gasteiger partial charge in [-0.05, 0) is 36.6 Å². The minimum absolute atomic E-state index is 0.158. The van der Waals surface area contributed by atoms with Crippen LogP contribution in [0.15, 0.2) is 41.1 Å². The number of ether oxygens (including phenoxy) is 2. The van der Waals surface area contributed by atoms with E-state index in [4.69, 9.17) is 33.7 Å². The summed E-state index contributed by atoms with van der Waals surface area (Å²) in [5.74, 6) is -3.40. The van der Waals surface area contributed by atoms with E-state index in [9.17, 15) is 26.3 Å². The molecular weight excluding hydrogens is 542 g/mol. The molecule has 4 rings (SSSR count). The van der Waals surface area contributed by atoms with Gasteiger partial charge in [-0.2, -0.15) is 26.3 Å². The highest BCUT2D eigenvalue weighted by Gasteiger charge is 2.43. The number of hydrogen-bond donors (Lipinski definition) is 2. The molecular formula is C24H28F6N2O7. The van der Waals surface area contributed by atoms with Gasteiger partial charge in [0.2, 0.25) is 0 Å². The van der Waals surface area contributed by atoms with Gasteiger partial charge < -0.3 is 24.1 Å². The number of aromatic nitrogens is 1. The highest BCUT2D eigenvalue weighted by atomic mass is 19.4. The lowest BCUT2D eigenvalue weighted by Gasteiger charge is -2.38. The van der Waals surface area contributed by atoms with E-state index in [2.05, 4.69) is 35.0 Å². The van der Waals surface area contributed by atoms with Crippen molar-refractivity contribution >= 4 is 11.9 Å². The number of hydrogen-bond acceptors (Lipinski definition) is 7. The van der Waals surface area contributed by atoms with Crippen LogP contribution >= 0.6 is 0 Å². The van der Waals surface area contributed by atoms with Crippen molar-refractivity contribution in [3.8, 4) is 0 Å². The van der Waals surface area contributed by atoms with E-state index >= 15 is 0 Å². The van der Waals surface area contributed by atoms with Gasteiger partial charge in [-0.15, -0.1) is 0 Å². The molecule has 0 radical (unpaired) electrons. The predicted molar refractivity (Wildman–Crippen MR) is 121 cm³/mol. The first-order chi connectivity index (χ1) is 18.2. The van der Waals surface area contributed by atoms with Crippen molar-refractivity contribution in [1.82, 2.24) is 9.88 Å². The summed E-state index contributed by atoms with van der Waals surface area (Å²) in [5, 5.41) is 14.2. The Labute approximate surface area is 219 Å². The van der Waals surface area contributed by atoms with Crippen LogP contribution in [0.25, 0.3) is 0 Å². The summed E-state index contributed by atoms with van der Waals surface area (Å²) in [6.45, 7) is 5.30. The molecule has 3 atom stereocenters. The van der Waals surface area contributed by atoms with Crippen LogP contribution in [0.2, 0.25) is 0 Å². The number of furan rings is 1. The van der Waals surface area contributed by atoms with Crippen LogP contribution in [0.1, 0.15) is 36.8 Å². The molecule has 2 aliphatic rings. The molecule has 2 aromatic heterocycles. The number of alkyl halides is 6. The van der Waals surface area contributed by atoms with Crippen LogP contribution in [-0.4, -0.2) is 75.8 Å². The fourth-order valence-corrected chi connectivity index (χ4v) is 3.95. The summed E-state index contributed by atoms with van der Waals surface area (Å²) in [6.07, 6.45) is -3.09. The summed E-state index contributed by atoms with van der Waals surface area (Å²) in [5.41, 5.74) is 1.11. The van der Waals surface area contributed by atoms with E-state index in [0.717, 1.165) is 56.0 Å². The van der Waals surface area contributed by atoms with Gasteiger partial charge in [-0.25, -0.2) is 9.59 Å². The Morgan fingerprint density at radius 3 is 2.18 bits per heavy atom. The molecule has 0 spiro atoms. The van der Waals surface area contributed by atoms with Gasteiger partial charge >= 0.3 is 24.3 Å². The van der Waals surface area contributed by atoms with Crippen molar-refractivity contribution in [2.24, 2.45) is 0 Å². The number of halogens is 6. The second-order valence-corrected chi connectivity index (χ2v) is 8.49. The molecule has 2 fully saturated rings. The van der Waals surface area contributed by atoms with Gasteiger partial charge in [0.1, 0.15) is 11.5 Å². The number of carboxylic acids is 2. The van der Waals surface area contributed by atoms with Gasteiger partial charge in [0.25, 0.3) is 0 Å². The third kappa shape index (κ3) is 10.5. The maximum absolute atomic E-state index is 10.6. The summed E-state index contributed by atoms with van der Waals surface area (Å²) < 4.78 is 81.6. The number of pyridine rings is 1. The number of fused-ring (bicyclic) bond motifs is 1. The maximum atomic E-state index is 10.6. The van der Waals surface area contributed by atoms with Crippen molar-refractivity contribution in [3.05, 3.63) is 53.7 Å². The largest absolute Gasteiger partial charge is 0.490 e. The quantitative estimate of drug-likeness (QED) is 0.485. The summed E-state index contributed by atoms with van der Waals surface area (Å²) in [4.78, 5) is 24.4. The summed E-state index contributed by atoms with van der Waals surface area (Å²) in [7, 11) is 0. The number of morpholine rings is 1. The maximum Gasteiger partial charge on any atom is 0.490 e. The number of carboxylic acid groups (broad SMARTS) is 2. The lowest BCUT2D eigenvalue weighted by atomic mass is 10.1. The van der Waals surface area contributed by atoms with Gasteiger partial charge in [-0.1, -0.05) is 13.0 Å². The van der Waals surface area contributed by atoms with Gasteiger partial charge in [-0.3, -0.25) is 9.88 Å². The zero-order chi connectivity index (χ0) is 29.2. The second kappa shape index (κ2) is 14.3. The van der Waals surface area contributed by atoms with E-state index in [-0.39, 0.29) is 12.2 Å². The molecule has 218 valence electrons. The number of aliphatic carboxylic acids is 2. The SMILES string of the molecule is CCc1ccc(CN2CCO[C@H]3[C@@H](OCc4cccnc4)CC[C@@H]32)o1.O=C(O)C(F)(F)F.O=C(O)C(F)(F)F. The van der Waals surface area contributed by atoms with Crippen LogP contribution in [0, 0.1) is 0 Å². The van der Waals surface area contributed by atoms with Crippen molar-refractivity contribution in [3.63, 3.8) is 0 Å². The highest BCUT2D eigenvalue weighted by molar-refractivity contribution is 5.73. The van der Waals surface area contributed by atoms with Gasteiger partial charge in [0.15, 0.2) is 0 Å². The standard InChI is InChI=1S/C20H26N2O3.2C2HF3O2/c1-2-16-5-6-17(25-16)13-22-10-11-23-20-18(22)7-8-19(20)24-14-15-4-3-9-21-12-15;2*3-2(4,5)1(6)7/h3-6,9,12,18-20H,2,7-8,10-11,13-14H2,1H3;2*(H,6,7)/t18-,19-,20+;;/m0../s1. The fraction of sp³-hybridized carbons (Fsp3) is 0.542. The highest BCUT2D eigenvalue weighted by Crippen LogP contribution is 2.33. The molecule has 2 aromatic rings. The smallest absolute Gasteiger partial charge is 0.475 e. The Balaban J connectivity index is 0.000000317. The number of rotatable bonds is 6. The van der Waals surface area contributed by atoms with Crippen molar-refractivity contribution in [2.75, 3.05) is 13.2 Å². The first kappa shape index (κ1) is 32.0.